The van der Waals surface area contributed by atoms with Gasteiger partial charge in [-0.05, 0) is 43.7 Å². The topological polar surface area (TPSA) is 88.3 Å². The lowest BCUT2D eigenvalue weighted by molar-refractivity contribution is -0.137. The number of likely N-dealkylation sites (tertiary alicyclic amines) is 1. The Balaban J connectivity index is 1.81. The number of carbonyl (C=O) groups excluding carboxylic acids is 1. The van der Waals surface area contributed by atoms with E-state index in [4.69, 9.17) is 5.11 Å². The summed E-state index contributed by atoms with van der Waals surface area (Å²) in [6.45, 7) is 3.09. The zero-order chi connectivity index (χ0) is 20.1. The summed E-state index contributed by atoms with van der Waals surface area (Å²) in [5, 5.41) is 13.2. The molecule has 1 aliphatic rings. The van der Waals surface area contributed by atoms with Crippen LogP contribution in [0.5, 0.6) is 0 Å². The highest BCUT2D eigenvalue weighted by Crippen LogP contribution is 2.23. The van der Waals surface area contributed by atoms with E-state index in [0.29, 0.717) is 31.8 Å². The lowest BCUT2D eigenvalue weighted by atomic mass is 9.93. The van der Waals surface area contributed by atoms with E-state index in [0.717, 1.165) is 19.3 Å². The number of hydrogen-bond donors (Lipinski definition) is 1. The Kier molecular flexibility index (Phi) is 6.38. The molecule has 28 heavy (non-hydrogen) atoms. The number of hydrogen-bond acceptors (Lipinski definition) is 4. The largest absolute Gasteiger partial charge is 0.481 e. The summed E-state index contributed by atoms with van der Waals surface area (Å²) in [4.78, 5) is 29.8. The zero-order valence-electron chi connectivity index (χ0n) is 16.0. The lowest BCUT2D eigenvalue weighted by Gasteiger charge is -2.31. The van der Waals surface area contributed by atoms with E-state index in [9.17, 15) is 14.0 Å². The van der Waals surface area contributed by atoms with Gasteiger partial charge in [-0.15, -0.1) is 5.10 Å². The SMILES string of the molecule is CCCc1nc(C(=O)N2CCC[C@H](CCC(=O)O)C2)nn1-c1ccccc1F. The maximum atomic E-state index is 14.2. The van der Waals surface area contributed by atoms with Crippen LogP contribution in [-0.4, -0.2) is 49.7 Å². The van der Waals surface area contributed by atoms with Crippen molar-refractivity contribution in [2.24, 2.45) is 5.92 Å². The van der Waals surface area contributed by atoms with Gasteiger partial charge in [0, 0.05) is 25.9 Å². The van der Waals surface area contributed by atoms with Crippen LogP contribution in [-0.2, 0) is 11.2 Å². The summed E-state index contributed by atoms with van der Waals surface area (Å²) < 4.78 is 15.6. The molecule has 2 heterocycles. The smallest absolute Gasteiger partial charge is 0.303 e. The molecule has 0 saturated carbocycles. The van der Waals surface area contributed by atoms with Gasteiger partial charge in [-0.1, -0.05) is 19.1 Å². The fraction of sp³-hybridized carbons (Fsp3) is 0.500. The standard InChI is InChI=1S/C20H25FN4O3/c1-2-6-17-22-19(23-25(17)16-9-4-3-8-15(16)21)20(28)24-12-5-7-14(13-24)10-11-18(26)27/h3-4,8-9,14H,2,5-7,10-13H2,1H3,(H,26,27)/t14-/m1/s1. The normalized spacial score (nSPS) is 16.9. The number of amides is 1. The Bertz CT molecular complexity index is 852. The van der Waals surface area contributed by atoms with Crippen molar-refractivity contribution in [2.75, 3.05) is 13.1 Å². The van der Waals surface area contributed by atoms with Crippen molar-refractivity contribution in [3.8, 4) is 5.69 Å². The van der Waals surface area contributed by atoms with Gasteiger partial charge in [0.2, 0.25) is 5.82 Å². The Hall–Kier alpha value is -2.77. The molecule has 0 spiro atoms. The first kappa shape index (κ1) is 20.0. The van der Waals surface area contributed by atoms with Crippen LogP contribution >= 0.6 is 0 Å². The second kappa shape index (κ2) is 8.95. The van der Waals surface area contributed by atoms with Gasteiger partial charge in [-0.25, -0.2) is 14.1 Å². The predicted octanol–water partition coefficient (Wildman–Crippen LogP) is 3.08. The molecule has 0 aliphatic carbocycles. The Morgan fingerprint density at radius 2 is 2.11 bits per heavy atom. The van der Waals surface area contributed by atoms with Crippen molar-refractivity contribution in [1.82, 2.24) is 19.7 Å². The molecule has 1 saturated heterocycles. The number of aliphatic carboxylic acids is 1. The molecule has 1 aromatic heterocycles. The number of nitrogens with zero attached hydrogens (tertiary/aromatic N) is 4. The van der Waals surface area contributed by atoms with E-state index in [-0.39, 0.29) is 29.8 Å². The van der Waals surface area contributed by atoms with E-state index in [2.05, 4.69) is 10.1 Å². The van der Waals surface area contributed by atoms with Gasteiger partial charge in [0.1, 0.15) is 17.3 Å². The summed E-state index contributed by atoms with van der Waals surface area (Å²) >= 11 is 0. The molecule has 0 radical (unpaired) electrons. The molecule has 0 bridgehead atoms. The van der Waals surface area contributed by atoms with Crippen molar-refractivity contribution >= 4 is 11.9 Å². The Morgan fingerprint density at radius 1 is 1.32 bits per heavy atom. The molecule has 3 rings (SSSR count). The van der Waals surface area contributed by atoms with Crippen LogP contribution in [0.2, 0.25) is 0 Å². The van der Waals surface area contributed by atoms with Crippen molar-refractivity contribution in [2.45, 2.75) is 45.4 Å². The van der Waals surface area contributed by atoms with Crippen LogP contribution in [0, 0.1) is 11.7 Å². The highest BCUT2D eigenvalue weighted by molar-refractivity contribution is 5.90. The third-order valence-electron chi connectivity index (χ3n) is 4.99. The van der Waals surface area contributed by atoms with Crippen molar-refractivity contribution < 1.29 is 19.1 Å². The van der Waals surface area contributed by atoms with Gasteiger partial charge in [0.15, 0.2) is 0 Å². The number of para-hydroxylation sites is 1. The van der Waals surface area contributed by atoms with Crippen LogP contribution < -0.4 is 0 Å². The van der Waals surface area contributed by atoms with Crippen LogP contribution in [0.3, 0.4) is 0 Å². The summed E-state index contributed by atoms with van der Waals surface area (Å²) in [7, 11) is 0. The van der Waals surface area contributed by atoms with E-state index < -0.39 is 11.8 Å². The maximum Gasteiger partial charge on any atom is 0.303 e. The molecule has 1 aromatic carbocycles. The highest BCUT2D eigenvalue weighted by Gasteiger charge is 2.28. The summed E-state index contributed by atoms with van der Waals surface area (Å²) in [6.07, 6.45) is 3.77. The first-order valence-electron chi connectivity index (χ1n) is 9.71. The van der Waals surface area contributed by atoms with Gasteiger partial charge in [-0.2, -0.15) is 0 Å². The highest BCUT2D eigenvalue weighted by atomic mass is 19.1. The van der Waals surface area contributed by atoms with Gasteiger partial charge in [0.05, 0.1) is 0 Å². The third kappa shape index (κ3) is 4.55. The number of benzene rings is 1. The Labute approximate surface area is 163 Å². The molecule has 150 valence electrons. The number of carboxylic acids is 1. The third-order valence-corrected chi connectivity index (χ3v) is 4.99. The number of aryl methyl sites for hydroxylation is 1. The van der Waals surface area contributed by atoms with E-state index >= 15 is 0 Å². The monoisotopic (exact) mass is 388 g/mol. The molecule has 1 atom stereocenters. The van der Waals surface area contributed by atoms with Crippen molar-refractivity contribution in [3.63, 3.8) is 0 Å². The predicted molar refractivity (Wildman–Crippen MR) is 101 cm³/mol. The summed E-state index contributed by atoms with van der Waals surface area (Å²) in [5.41, 5.74) is 0.274. The second-order valence-corrected chi connectivity index (χ2v) is 7.16. The molecule has 2 aromatic rings. The zero-order valence-corrected chi connectivity index (χ0v) is 16.0. The van der Waals surface area contributed by atoms with Gasteiger partial charge in [0.25, 0.3) is 5.91 Å². The van der Waals surface area contributed by atoms with Crippen LogP contribution in [0.4, 0.5) is 4.39 Å². The fourth-order valence-corrected chi connectivity index (χ4v) is 3.59. The average molecular weight is 388 g/mol. The fourth-order valence-electron chi connectivity index (χ4n) is 3.59. The number of halogens is 1. The molecule has 8 heteroatoms. The molecule has 1 fully saturated rings. The molecule has 1 aliphatic heterocycles. The van der Waals surface area contributed by atoms with E-state index in [1.807, 2.05) is 6.92 Å². The van der Waals surface area contributed by atoms with Crippen molar-refractivity contribution in [3.05, 3.63) is 41.7 Å². The quantitative estimate of drug-likeness (QED) is 0.787. The number of aromatic nitrogens is 3. The average Bonchev–Trinajstić information content (AvgIpc) is 3.10. The number of rotatable bonds is 7. The number of carboxylic acid groups (broad SMARTS) is 1. The minimum Gasteiger partial charge on any atom is -0.481 e. The molecule has 1 N–H and O–H groups in total. The molecule has 7 nitrogen and oxygen atoms in total. The molecular formula is C20H25FN4O3. The lowest BCUT2D eigenvalue weighted by Crippen LogP contribution is -2.40. The maximum absolute atomic E-state index is 14.2. The second-order valence-electron chi connectivity index (χ2n) is 7.16. The molecular weight excluding hydrogens is 363 g/mol. The number of piperidine rings is 1. The van der Waals surface area contributed by atoms with Gasteiger partial charge < -0.3 is 10.0 Å². The Morgan fingerprint density at radius 3 is 2.82 bits per heavy atom. The molecule has 0 unspecified atom stereocenters. The van der Waals surface area contributed by atoms with Crippen LogP contribution in [0.1, 0.15) is 55.5 Å². The van der Waals surface area contributed by atoms with Crippen LogP contribution in [0.15, 0.2) is 24.3 Å². The van der Waals surface area contributed by atoms with E-state index in [1.54, 1.807) is 23.1 Å². The summed E-state index contributed by atoms with van der Waals surface area (Å²) in [6, 6.07) is 6.29. The first-order valence-corrected chi connectivity index (χ1v) is 9.71. The van der Waals surface area contributed by atoms with Gasteiger partial charge in [-0.3, -0.25) is 9.59 Å². The number of carbonyl (C=O) groups is 2. The summed E-state index contributed by atoms with van der Waals surface area (Å²) in [5.74, 6) is -0.751. The minimum absolute atomic E-state index is 0.0607. The van der Waals surface area contributed by atoms with Crippen molar-refractivity contribution in [1.29, 1.82) is 0 Å². The molecule has 1 amide bonds. The first-order chi connectivity index (χ1) is 13.5. The minimum atomic E-state index is -0.821. The van der Waals surface area contributed by atoms with E-state index in [1.165, 1.54) is 10.7 Å². The van der Waals surface area contributed by atoms with Gasteiger partial charge >= 0.3 is 5.97 Å². The van der Waals surface area contributed by atoms with Crippen LogP contribution in [0.25, 0.3) is 5.69 Å².